The molecule has 1 aliphatic carbocycles. The first-order chi connectivity index (χ1) is 11.7. The van der Waals surface area contributed by atoms with Gasteiger partial charge in [-0.25, -0.2) is 0 Å². The molecule has 0 saturated carbocycles. The Balaban J connectivity index is 1.28. The molecule has 0 bridgehead atoms. The summed E-state index contributed by atoms with van der Waals surface area (Å²) in [5.41, 5.74) is 2.82. The van der Waals surface area contributed by atoms with E-state index in [1.165, 1.54) is 11.1 Å². The van der Waals surface area contributed by atoms with Crippen LogP contribution in [0.3, 0.4) is 0 Å². The molecule has 1 atom stereocenters. The number of piperidine rings is 1. The number of carbonyl (C=O) groups is 1. The summed E-state index contributed by atoms with van der Waals surface area (Å²) in [6.45, 7) is 2.36. The van der Waals surface area contributed by atoms with Gasteiger partial charge in [0, 0.05) is 33.0 Å². The van der Waals surface area contributed by atoms with Crippen LogP contribution in [0.4, 0.5) is 0 Å². The maximum Gasteiger partial charge on any atom is 0.222 e. The zero-order chi connectivity index (χ0) is 16.6. The van der Waals surface area contributed by atoms with E-state index in [9.17, 15) is 4.79 Å². The number of rotatable bonds is 3. The van der Waals surface area contributed by atoms with Crippen LogP contribution in [0.25, 0.3) is 0 Å². The summed E-state index contributed by atoms with van der Waals surface area (Å²) in [6, 6.07) is 8.60. The second-order valence-corrected chi connectivity index (χ2v) is 7.68. The molecule has 2 heterocycles. The van der Waals surface area contributed by atoms with E-state index >= 15 is 0 Å². The Hall–Kier alpha value is -1.39. The number of methoxy groups -OCH3 is 1. The van der Waals surface area contributed by atoms with Crippen molar-refractivity contribution in [3.63, 3.8) is 0 Å². The minimum atomic E-state index is -0.0406. The van der Waals surface area contributed by atoms with Crippen molar-refractivity contribution in [2.75, 3.05) is 26.8 Å². The molecule has 4 heteroatoms. The standard InChI is InChI=1S/C20H27NO3/c1-23-18-13-20(24-14-18)6-8-21(9-7-20)19(22)12-15-10-16-4-2-3-5-17(16)11-15/h2-5,15,18H,6-14H2,1H3/t18-/m0/s1. The average molecular weight is 329 g/mol. The van der Waals surface area contributed by atoms with Crippen molar-refractivity contribution in [2.45, 2.75) is 50.2 Å². The first-order valence-corrected chi connectivity index (χ1v) is 9.19. The quantitative estimate of drug-likeness (QED) is 0.855. The molecule has 130 valence electrons. The fraction of sp³-hybridized carbons (Fsp3) is 0.650. The molecule has 1 aromatic carbocycles. The Morgan fingerprint density at radius 2 is 1.92 bits per heavy atom. The third-order valence-corrected chi connectivity index (χ3v) is 6.13. The van der Waals surface area contributed by atoms with Gasteiger partial charge in [0.1, 0.15) is 0 Å². The summed E-state index contributed by atoms with van der Waals surface area (Å²) in [7, 11) is 1.76. The number of carbonyl (C=O) groups excluding carboxylic acids is 1. The lowest BCUT2D eigenvalue weighted by Crippen LogP contribution is -2.47. The minimum absolute atomic E-state index is 0.0406. The summed E-state index contributed by atoms with van der Waals surface area (Å²) in [5.74, 6) is 0.801. The monoisotopic (exact) mass is 329 g/mol. The van der Waals surface area contributed by atoms with Gasteiger partial charge < -0.3 is 14.4 Å². The van der Waals surface area contributed by atoms with Crippen LogP contribution in [0.1, 0.15) is 36.8 Å². The molecule has 0 radical (unpaired) electrons. The van der Waals surface area contributed by atoms with Crippen molar-refractivity contribution in [2.24, 2.45) is 5.92 Å². The van der Waals surface area contributed by atoms with Gasteiger partial charge in [-0.1, -0.05) is 24.3 Å². The van der Waals surface area contributed by atoms with E-state index < -0.39 is 0 Å². The zero-order valence-electron chi connectivity index (χ0n) is 14.5. The summed E-state index contributed by atoms with van der Waals surface area (Å²) >= 11 is 0. The number of likely N-dealkylation sites (tertiary alicyclic amines) is 1. The summed E-state index contributed by atoms with van der Waals surface area (Å²) < 4.78 is 11.5. The molecule has 0 aromatic heterocycles. The van der Waals surface area contributed by atoms with Crippen LogP contribution in [0, 0.1) is 5.92 Å². The largest absolute Gasteiger partial charge is 0.379 e. The van der Waals surface area contributed by atoms with E-state index in [4.69, 9.17) is 9.47 Å². The van der Waals surface area contributed by atoms with Crippen LogP contribution < -0.4 is 0 Å². The van der Waals surface area contributed by atoms with E-state index in [-0.39, 0.29) is 11.7 Å². The van der Waals surface area contributed by atoms with Crippen LogP contribution in [-0.4, -0.2) is 49.3 Å². The van der Waals surface area contributed by atoms with Crippen LogP contribution in [-0.2, 0) is 27.1 Å². The Bertz CT molecular complexity index is 582. The zero-order valence-corrected chi connectivity index (χ0v) is 14.5. The van der Waals surface area contributed by atoms with Crippen molar-refractivity contribution in [1.82, 2.24) is 4.90 Å². The molecule has 1 spiro atoms. The van der Waals surface area contributed by atoms with Crippen LogP contribution >= 0.6 is 0 Å². The van der Waals surface area contributed by atoms with Gasteiger partial charge in [0.2, 0.25) is 5.91 Å². The second kappa shape index (κ2) is 6.49. The summed E-state index contributed by atoms with van der Waals surface area (Å²) in [6.07, 6.45) is 5.89. The molecule has 0 N–H and O–H groups in total. The molecule has 2 saturated heterocycles. The third-order valence-electron chi connectivity index (χ3n) is 6.13. The fourth-order valence-electron chi connectivity index (χ4n) is 4.64. The minimum Gasteiger partial charge on any atom is -0.379 e. The van der Waals surface area contributed by atoms with E-state index in [0.717, 1.165) is 45.2 Å². The molecular weight excluding hydrogens is 302 g/mol. The molecule has 2 aliphatic heterocycles. The van der Waals surface area contributed by atoms with Crippen molar-refractivity contribution in [3.8, 4) is 0 Å². The smallest absolute Gasteiger partial charge is 0.222 e. The maximum absolute atomic E-state index is 12.7. The predicted octanol–water partition coefficient (Wildman–Crippen LogP) is 2.59. The first-order valence-electron chi connectivity index (χ1n) is 9.19. The van der Waals surface area contributed by atoms with Crippen molar-refractivity contribution < 1.29 is 14.3 Å². The number of nitrogens with zero attached hydrogens (tertiary/aromatic N) is 1. The van der Waals surface area contributed by atoms with Crippen molar-refractivity contribution in [1.29, 1.82) is 0 Å². The topological polar surface area (TPSA) is 38.8 Å². The van der Waals surface area contributed by atoms with E-state index in [2.05, 4.69) is 29.2 Å². The summed E-state index contributed by atoms with van der Waals surface area (Å²) in [5, 5.41) is 0. The third kappa shape index (κ3) is 3.09. The predicted molar refractivity (Wildman–Crippen MR) is 91.9 cm³/mol. The average Bonchev–Trinajstić information content (AvgIpc) is 3.19. The van der Waals surface area contributed by atoms with E-state index in [1.54, 1.807) is 7.11 Å². The second-order valence-electron chi connectivity index (χ2n) is 7.68. The molecule has 4 rings (SSSR count). The lowest BCUT2D eigenvalue weighted by Gasteiger charge is -2.39. The Morgan fingerprint density at radius 1 is 1.25 bits per heavy atom. The number of hydrogen-bond acceptors (Lipinski definition) is 3. The maximum atomic E-state index is 12.7. The van der Waals surface area contributed by atoms with Gasteiger partial charge in [0.25, 0.3) is 0 Å². The number of benzene rings is 1. The van der Waals surface area contributed by atoms with Gasteiger partial charge in [-0.15, -0.1) is 0 Å². The highest BCUT2D eigenvalue weighted by Gasteiger charge is 2.43. The molecule has 3 aliphatic rings. The molecular formula is C20H27NO3. The molecule has 24 heavy (non-hydrogen) atoms. The lowest BCUT2D eigenvalue weighted by molar-refractivity contribution is -0.136. The highest BCUT2D eigenvalue weighted by atomic mass is 16.6. The first kappa shape index (κ1) is 16.1. The number of hydrogen-bond donors (Lipinski definition) is 0. The van der Waals surface area contributed by atoms with Gasteiger partial charge >= 0.3 is 0 Å². The van der Waals surface area contributed by atoms with Crippen molar-refractivity contribution >= 4 is 5.91 Å². The van der Waals surface area contributed by atoms with Gasteiger partial charge in [0.15, 0.2) is 0 Å². The molecule has 0 unspecified atom stereocenters. The lowest BCUT2D eigenvalue weighted by atomic mass is 9.87. The van der Waals surface area contributed by atoms with Gasteiger partial charge in [0.05, 0.1) is 18.3 Å². The molecule has 1 aromatic rings. The number of amides is 1. The van der Waals surface area contributed by atoms with Gasteiger partial charge in [-0.3, -0.25) is 4.79 Å². The fourth-order valence-corrected chi connectivity index (χ4v) is 4.64. The highest BCUT2D eigenvalue weighted by molar-refractivity contribution is 5.76. The SMILES string of the molecule is CO[C@@H]1COC2(CCN(C(=O)CC3Cc4ccccc4C3)CC2)C1. The van der Waals surface area contributed by atoms with Crippen LogP contribution in [0.5, 0.6) is 0 Å². The Kier molecular flexibility index (Phi) is 4.35. The summed E-state index contributed by atoms with van der Waals surface area (Å²) in [4.78, 5) is 14.7. The van der Waals surface area contributed by atoms with E-state index in [0.29, 0.717) is 24.9 Å². The van der Waals surface area contributed by atoms with Crippen LogP contribution in [0.2, 0.25) is 0 Å². The molecule has 4 nitrogen and oxygen atoms in total. The van der Waals surface area contributed by atoms with E-state index in [1.807, 2.05) is 0 Å². The van der Waals surface area contributed by atoms with Crippen molar-refractivity contribution in [3.05, 3.63) is 35.4 Å². The number of ether oxygens (including phenoxy) is 2. The van der Waals surface area contributed by atoms with Crippen LogP contribution in [0.15, 0.2) is 24.3 Å². The van der Waals surface area contributed by atoms with Gasteiger partial charge in [-0.05, 0) is 42.7 Å². The Labute approximate surface area is 144 Å². The Morgan fingerprint density at radius 3 is 2.50 bits per heavy atom. The number of fused-ring (bicyclic) bond motifs is 1. The van der Waals surface area contributed by atoms with Gasteiger partial charge in [-0.2, -0.15) is 0 Å². The molecule has 1 amide bonds. The normalized spacial score (nSPS) is 26.0. The molecule has 2 fully saturated rings. The highest BCUT2D eigenvalue weighted by Crippen LogP contribution is 2.37.